The van der Waals surface area contributed by atoms with Crippen molar-refractivity contribution in [3.63, 3.8) is 0 Å². The van der Waals surface area contributed by atoms with Gasteiger partial charge in [-0.2, -0.15) is 5.26 Å². The Bertz CT molecular complexity index is 495. The molecule has 1 rings (SSSR count). The van der Waals surface area contributed by atoms with Crippen molar-refractivity contribution in [3.8, 4) is 6.07 Å². The van der Waals surface area contributed by atoms with Gasteiger partial charge in [0.15, 0.2) is 0 Å². The third-order valence-electron chi connectivity index (χ3n) is 2.63. The van der Waals surface area contributed by atoms with Crippen LogP contribution in [-0.4, -0.2) is 25.2 Å². The number of nitriles is 1. The molecule has 0 bridgehead atoms. The number of carbonyl (C=O) groups excluding carboxylic acids is 1. The average Bonchev–Trinajstić information content (AvgIpc) is 2.36. The minimum atomic E-state index is -0.588. The van der Waals surface area contributed by atoms with E-state index in [0.29, 0.717) is 12.3 Å². The van der Waals surface area contributed by atoms with Crippen molar-refractivity contribution in [2.24, 2.45) is 0 Å². The van der Waals surface area contributed by atoms with Crippen LogP contribution in [0.25, 0.3) is 0 Å². The summed E-state index contributed by atoms with van der Waals surface area (Å²) >= 11 is 0. The molecule has 1 aromatic rings. The Kier molecular flexibility index (Phi) is 5.31. The molecule has 0 heterocycles. The van der Waals surface area contributed by atoms with E-state index in [1.165, 1.54) is 12.1 Å². The van der Waals surface area contributed by atoms with E-state index in [1.54, 1.807) is 24.0 Å². The number of halogens is 1. The highest BCUT2D eigenvalue weighted by Gasteiger charge is 2.17. The summed E-state index contributed by atoms with van der Waals surface area (Å²) in [4.78, 5) is 13.3. The van der Waals surface area contributed by atoms with E-state index < -0.39 is 5.82 Å². The highest BCUT2D eigenvalue weighted by Crippen LogP contribution is 2.20. The third-order valence-corrected chi connectivity index (χ3v) is 2.63. The lowest BCUT2D eigenvalue weighted by atomic mass is 10.1. The number of nitrogens with zero attached hydrogens (tertiary/aromatic N) is 2. The first kappa shape index (κ1) is 15.0. The summed E-state index contributed by atoms with van der Waals surface area (Å²) in [7, 11) is 0. The van der Waals surface area contributed by atoms with Crippen LogP contribution < -0.4 is 4.90 Å². The van der Waals surface area contributed by atoms with Crippen molar-refractivity contribution in [2.75, 3.05) is 18.1 Å². The summed E-state index contributed by atoms with van der Waals surface area (Å²) in [6, 6.07) is 6.07. The molecule has 5 heteroatoms. The molecule has 0 fully saturated rings. The number of ether oxygens (including phenoxy) is 1. The maximum atomic E-state index is 13.6. The Hall–Kier alpha value is -2.09. The molecule has 0 saturated carbocycles. The number of benzene rings is 1. The zero-order valence-electron chi connectivity index (χ0n) is 11.3. The van der Waals surface area contributed by atoms with Gasteiger partial charge in [0.1, 0.15) is 18.4 Å². The molecule has 19 heavy (non-hydrogen) atoms. The SMILES string of the molecule is CCOC(=O)CN(c1ccc(C#N)c(F)c1)C(C)C. The minimum absolute atomic E-state index is 0.0106. The van der Waals surface area contributed by atoms with Crippen molar-refractivity contribution in [1.82, 2.24) is 0 Å². The molecule has 0 saturated heterocycles. The monoisotopic (exact) mass is 264 g/mol. The second kappa shape index (κ2) is 6.74. The molecule has 0 N–H and O–H groups in total. The summed E-state index contributed by atoms with van der Waals surface area (Å²) in [6.07, 6.45) is 0. The van der Waals surface area contributed by atoms with Crippen LogP contribution in [-0.2, 0) is 9.53 Å². The summed E-state index contributed by atoms with van der Waals surface area (Å²) < 4.78 is 18.5. The lowest BCUT2D eigenvalue weighted by Gasteiger charge is -2.28. The molecule has 0 amide bonds. The number of hydrogen-bond acceptors (Lipinski definition) is 4. The Labute approximate surface area is 112 Å². The van der Waals surface area contributed by atoms with E-state index in [1.807, 2.05) is 13.8 Å². The zero-order chi connectivity index (χ0) is 14.4. The molecule has 4 nitrogen and oxygen atoms in total. The van der Waals surface area contributed by atoms with E-state index in [9.17, 15) is 9.18 Å². The van der Waals surface area contributed by atoms with Crippen LogP contribution in [0.3, 0.4) is 0 Å². The van der Waals surface area contributed by atoms with Crippen LogP contribution in [0.2, 0.25) is 0 Å². The molecular formula is C14H17FN2O2. The standard InChI is InChI=1S/C14H17FN2O2/c1-4-19-14(18)9-17(10(2)3)12-6-5-11(8-16)13(15)7-12/h5-7,10H,4,9H2,1-3H3. The molecule has 0 unspecified atom stereocenters. The maximum Gasteiger partial charge on any atom is 0.325 e. The normalized spacial score (nSPS) is 10.1. The number of hydrogen-bond donors (Lipinski definition) is 0. The Morgan fingerprint density at radius 1 is 1.53 bits per heavy atom. The van der Waals surface area contributed by atoms with Gasteiger partial charge in [0.2, 0.25) is 0 Å². The fraction of sp³-hybridized carbons (Fsp3) is 0.429. The fourth-order valence-corrected chi connectivity index (χ4v) is 1.69. The third kappa shape index (κ3) is 3.95. The molecule has 102 valence electrons. The van der Waals surface area contributed by atoms with E-state index in [-0.39, 0.29) is 24.1 Å². The number of rotatable bonds is 5. The van der Waals surface area contributed by atoms with Gasteiger partial charge < -0.3 is 9.64 Å². The first-order chi connectivity index (χ1) is 8.99. The predicted octanol–water partition coefficient (Wildman–Crippen LogP) is 2.48. The lowest BCUT2D eigenvalue weighted by molar-refractivity contribution is -0.141. The van der Waals surface area contributed by atoms with Crippen molar-refractivity contribution < 1.29 is 13.9 Å². The molecular weight excluding hydrogens is 247 g/mol. The first-order valence-electron chi connectivity index (χ1n) is 6.11. The summed E-state index contributed by atoms with van der Waals surface area (Å²) in [6.45, 7) is 5.90. The second-order valence-corrected chi connectivity index (χ2v) is 4.30. The highest BCUT2D eigenvalue weighted by molar-refractivity contribution is 5.76. The zero-order valence-corrected chi connectivity index (χ0v) is 11.3. The van der Waals surface area contributed by atoms with Crippen molar-refractivity contribution in [1.29, 1.82) is 5.26 Å². The molecule has 0 aromatic heterocycles. The van der Waals surface area contributed by atoms with Crippen LogP contribution in [0.4, 0.5) is 10.1 Å². The van der Waals surface area contributed by atoms with Gasteiger partial charge in [0, 0.05) is 11.7 Å². The Balaban J connectivity index is 2.97. The van der Waals surface area contributed by atoms with Crippen molar-refractivity contribution in [3.05, 3.63) is 29.6 Å². The van der Waals surface area contributed by atoms with Gasteiger partial charge >= 0.3 is 5.97 Å². The summed E-state index contributed by atoms with van der Waals surface area (Å²) in [5, 5.41) is 8.69. The summed E-state index contributed by atoms with van der Waals surface area (Å²) in [5.74, 6) is -0.949. The van der Waals surface area contributed by atoms with E-state index in [2.05, 4.69) is 0 Å². The van der Waals surface area contributed by atoms with E-state index in [0.717, 1.165) is 0 Å². The predicted molar refractivity (Wildman–Crippen MR) is 70.2 cm³/mol. The van der Waals surface area contributed by atoms with E-state index in [4.69, 9.17) is 10.00 Å². The van der Waals surface area contributed by atoms with Gasteiger partial charge in [0.05, 0.1) is 12.2 Å². The van der Waals surface area contributed by atoms with Gasteiger partial charge in [-0.15, -0.1) is 0 Å². The Morgan fingerprint density at radius 2 is 2.21 bits per heavy atom. The molecule has 0 spiro atoms. The highest BCUT2D eigenvalue weighted by atomic mass is 19.1. The average molecular weight is 264 g/mol. The topological polar surface area (TPSA) is 53.3 Å². The van der Waals surface area contributed by atoms with Gasteiger partial charge in [-0.1, -0.05) is 0 Å². The fourth-order valence-electron chi connectivity index (χ4n) is 1.69. The second-order valence-electron chi connectivity index (χ2n) is 4.30. The lowest BCUT2D eigenvalue weighted by Crippen LogP contribution is -2.36. The van der Waals surface area contributed by atoms with Gasteiger partial charge in [-0.3, -0.25) is 4.79 Å². The molecule has 0 atom stereocenters. The Morgan fingerprint density at radius 3 is 2.68 bits per heavy atom. The molecule has 0 aliphatic carbocycles. The van der Waals surface area contributed by atoms with E-state index >= 15 is 0 Å². The molecule has 1 aromatic carbocycles. The summed E-state index contributed by atoms with van der Waals surface area (Å²) in [5.41, 5.74) is 0.545. The minimum Gasteiger partial charge on any atom is -0.465 e. The quantitative estimate of drug-likeness (QED) is 0.767. The molecule has 0 radical (unpaired) electrons. The van der Waals surface area contributed by atoms with Crippen molar-refractivity contribution in [2.45, 2.75) is 26.8 Å². The van der Waals surface area contributed by atoms with Crippen LogP contribution >= 0.6 is 0 Å². The van der Waals surface area contributed by atoms with Crippen LogP contribution in [0.5, 0.6) is 0 Å². The molecule has 0 aliphatic rings. The largest absolute Gasteiger partial charge is 0.465 e. The van der Waals surface area contributed by atoms with Gasteiger partial charge in [0.25, 0.3) is 0 Å². The van der Waals surface area contributed by atoms with Crippen LogP contribution in [0, 0.1) is 17.1 Å². The van der Waals surface area contributed by atoms with Crippen LogP contribution in [0.15, 0.2) is 18.2 Å². The smallest absolute Gasteiger partial charge is 0.325 e. The number of anilines is 1. The van der Waals surface area contributed by atoms with Crippen molar-refractivity contribution >= 4 is 11.7 Å². The first-order valence-corrected chi connectivity index (χ1v) is 6.11. The maximum absolute atomic E-state index is 13.6. The number of esters is 1. The van der Waals surface area contributed by atoms with Gasteiger partial charge in [-0.25, -0.2) is 4.39 Å². The van der Waals surface area contributed by atoms with Gasteiger partial charge in [-0.05, 0) is 39.0 Å². The molecule has 0 aliphatic heterocycles. The van der Waals surface area contributed by atoms with Crippen LogP contribution in [0.1, 0.15) is 26.3 Å². The number of carbonyl (C=O) groups is 1.